The minimum atomic E-state index is -0.615. The Hall–Kier alpha value is -3.53. The van der Waals surface area contributed by atoms with Crippen molar-refractivity contribution in [3.63, 3.8) is 0 Å². The van der Waals surface area contributed by atoms with E-state index in [9.17, 15) is 9.18 Å². The van der Waals surface area contributed by atoms with Crippen molar-refractivity contribution in [2.75, 3.05) is 32.2 Å². The number of rotatable bonds is 4. The van der Waals surface area contributed by atoms with Gasteiger partial charge in [0.2, 0.25) is 0 Å². The first-order valence-electron chi connectivity index (χ1n) is 10.3. The number of aromatic nitrogens is 4. The minimum Gasteiger partial charge on any atom is -0.493 e. The molecule has 9 nitrogen and oxygen atoms in total. The highest BCUT2D eigenvalue weighted by molar-refractivity contribution is 6.06. The van der Waals surface area contributed by atoms with E-state index in [4.69, 9.17) is 14.2 Å². The molecule has 3 heterocycles. The van der Waals surface area contributed by atoms with Gasteiger partial charge in [-0.2, -0.15) is 0 Å². The standard InChI is InChI=1S/C22H24FN5O4/c1-14-6-7-31-18-11-16(23)19(32-9-8-30-2)10-15(18)22(29)26-20-5-3-4-17(25-20)21-27-24-13-28(21)12-14/h3-5,10-11,13-14H,6-9,12H2,1-2H3,(H,25,26,29)/t14-/m0/s1. The van der Waals surface area contributed by atoms with Gasteiger partial charge in [0.25, 0.3) is 5.91 Å². The lowest BCUT2D eigenvalue weighted by molar-refractivity contribution is 0.102. The maximum Gasteiger partial charge on any atom is 0.260 e. The Kier molecular flexibility index (Phi) is 6.60. The molecule has 0 saturated heterocycles. The molecule has 1 N–H and O–H groups in total. The zero-order valence-electron chi connectivity index (χ0n) is 17.9. The quantitative estimate of drug-likeness (QED) is 0.621. The third-order valence-corrected chi connectivity index (χ3v) is 5.04. The average Bonchev–Trinajstić information content (AvgIpc) is 3.23. The van der Waals surface area contributed by atoms with Gasteiger partial charge in [0.05, 0.1) is 18.8 Å². The molecule has 0 fully saturated rings. The number of ether oxygens (including phenoxy) is 3. The topological polar surface area (TPSA) is 100 Å². The van der Waals surface area contributed by atoms with Crippen LogP contribution < -0.4 is 14.8 Å². The summed E-state index contributed by atoms with van der Waals surface area (Å²) in [4.78, 5) is 17.6. The Morgan fingerprint density at radius 3 is 3.03 bits per heavy atom. The molecular formula is C22H24FN5O4. The number of hydrogen-bond acceptors (Lipinski definition) is 7. The lowest BCUT2D eigenvalue weighted by atomic mass is 10.1. The average molecular weight is 441 g/mol. The summed E-state index contributed by atoms with van der Waals surface area (Å²) in [6, 6.07) is 7.76. The van der Waals surface area contributed by atoms with Crippen molar-refractivity contribution >= 4 is 11.7 Å². The molecule has 1 aliphatic rings. The maximum absolute atomic E-state index is 14.6. The van der Waals surface area contributed by atoms with E-state index in [1.54, 1.807) is 24.5 Å². The molecule has 1 aromatic carbocycles. The van der Waals surface area contributed by atoms with Crippen LogP contribution in [0.3, 0.4) is 0 Å². The molecule has 32 heavy (non-hydrogen) atoms. The molecule has 4 rings (SSSR count). The van der Waals surface area contributed by atoms with Gasteiger partial charge in [0, 0.05) is 19.7 Å². The summed E-state index contributed by atoms with van der Waals surface area (Å²) in [5.41, 5.74) is 0.739. The van der Waals surface area contributed by atoms with Crippen molar-refractivity contribution < 1.29 is 23.4 Å². The van der Waals surface area contributed by atoms with Crippen molar-refractivity contribution in [2.45, 2.75) is 19.9 Å². The summed E-state index contributed by atoms with van der Waals surface area (Å²) in [6.07, 6.45) is 2.33. The SMILES string of the molecule is COCCOc1cc2c(cc1F)OCC[C@H](C)Cn1cnnc1-c1cccc(n1)NC2=O. The molecular weight excluding hydrogens is 417 g/mol. The van der Waals surface area contributed by atoms with Crippen molar-refractivity contribution in [3.05, 3.63) is 48.0 Å². The van der Waals surface area contributed by atoms with Crippen LogP contribution in [0.25, 0.3) is 11.5 Å². The van der Waals surface area contributed by atoms with E-state index in [2.05, 4.69) is 27.4 Å². The van der Waals surface area contributed by atoms with Crippen LogP contribution in [0.15, 0.2) is 36.7 Å². The maximum atomic E-state index is 14.6. The number of fused-ring (bicyclic) bond motifs is 5. The van der Waals surface area contributed by atoms with Crippen LogP contribution in [0.4, 0.5) is 10.2 Å². The third-order valence-electron chi connectivity index (χ3n) is 5.04. The van der Waals surface area contributed by atoms with Crippen LogP contribution in [-0.4, -0.2) is 52.6 Å². The molecule has 2 bridgehead atoms. The number of pyridine rings is 1. The van der Waals surface area contributed by atoms with Gasteiger partial charge in [-0.3, -0.25) is 4.79 Å². The largest absolute Gasteiger partial charge is 0.493 e. The van der Waals surface area contributed by atoms with Gasteiger partial charge in [-0.25, -0.2) is 9.37 Å². The van der Waals surface area contributed by atoms with Crippen LogP contribution in [0, 0.1) is 11.7 Å². The summed E-state index contributed by atoms with van der Waals surface area (Å²) in [5, 5.41) is 10.9. The van der Waals surface area contributed by atoms with Gasteiger partial charge in [0.15, 0.2) is 17.4 Å². The predicted molar refractivity (Wildman–Crippen MR) is 114 cm³/mol. The molecule has 1 atom stereocenters. The van der Waals surface area contributed by atoms with Crippen molar-refractivity contribution in [1.82, 2.24) is 19.7 Å². The number of hydrogen-bond donors (Lipinski definition) is 1. The van der Waals surface area contributed by atoms with E-state index < -0.39 is 11.7 Å². The fraction of sp³-hybridized carbons (Fsp3) is 0.364. The van der Waals surface area contributed by atoms with Gasteiger partial charge in [-0.05, 0) is 30.5 Å². The molecule has 1 aliphatic heterocycles. The van der Waals surface area contributed by atoms with Crippen molar-refractivity contribution in [1.29, 1.82) is 0 Å². The first kappa shape index (κ1) is 21.7. The van der Waals surface area contributed by atoms with Crippen LogP contribution in [-0.2, 0) is 11.3 Å². The number of benzene rings is 1. The number of methoxy groups -OCH3 is 1. The number of anilines is 1. The number of carbonyl (C=O) groups is 1. The smallest absolute Gasteiger partial charge is 0.260 e. The second-order valence-electron chi connectivity index (χ2n) is 7.53. The molecule has 0 spiro atoms. The zero-order valence-corrected chi connectivity index (χ0v) is 17.9. The lowest BCUT2D eigenvalue weighted by Gasteiger charge is -2.18. The van der Waals surface area contributed by atoms with E-state index in [0.717, 1.165) is 0 Å². The van der Waals surface area contributed by atoms with Crippen LogP contribution in [0.1, 0.15) is 23.7 Å². The normalized spacial score (nSPS) is 16.2. The zero-order chi connectivity index (χ0) is 22.5. The first-order chi connectivity index (χ1) is 15.5. The number of nitrogens with zero attached hydrogens (tertiary/aromatic N) is 4. The summed E-state index contributed by atoms with van der Waals surface area (Å²) in [5.74, 6) is 0.137. The highest BCUT2D eigenvalue weighted by Gasteiger charge is 2.21. The predicted octanol–water partition coefficient (Wildman–Crippen LogP) is 3.18. The number of nitrogens with one attached hydrogen (secondary N) is 1. The molecule has 0 aliphatic carbocycles. The van der Waals surface area contributed by atoms with Crippen LogP contribution in [0.2, 0.25) is 0 Å². The summed E-state index contributed by atoms with van der Waals surface area (Å²) < 4.78 is 32.7. The van der Waals surface area contributed by atoms with Crippen molar-refractivity contribution in [2.24, 2.45) is 5.92 Å². The second-order valence-corrected chi connectivity index (χ2v) is 7.53. The molecule has 3 aromatic rings. The van der Waals surface area contributed by atoms with E-state index >= 15 is 0 Å². The first-order valence-corrected chi connectivity index (χ1v) is 10.3. The summed E-state index contributed by atoms with van der Waals surface area (Å²) in [7, 11) is 1.52. The Balaban J connectivity index is 1.71. The van der Waals surface area contributed by atoms with Gasteiger partial charge in [-0.1, -0.05) is 13.0 Å². The fourth-order valence-electron chi connectivity index (χ4n) is 3.37. The molecule has 0 unspecified atom stereocenters. The lowest BCUT2D eigenvalue weighted by Crippen LogP contribution is -2.18. The fourth-order valence-corrected chi connectivity index (χ4v) is 3.37. The van der Waals surface area contributed by atoms with E-state index in [0.29, 0.717) is 43.5 Å². The Morgan fingerprint density at radius 2 is 2.19 bits per heavy atom. The minimum absolute atomic E-state index is 0.0520. The number of halogens is 1. The summed E-state index contributed by atoms with van der Waals surface area (Å²) in [6.45, 7) is 3.49. The van der Waals surface area contributed by atoms with Gasteiger partial charge < -0.3 is 24.1 Å². The van der Waals surface area contributed by atoms with Gasteiger partial charge >= 0.3 is 0 Å². The number of carbonyl (C=O) groups excluding carboxylic acids is 1. The molecule has 10 heteroatoms. The van der Waals surface area contributed by atoms with Gasteiger partial charge in [0.1, 0.15) is 30.2 Å². The molecule has 0 saturated carbocycles. The molecule has 2 aromatic heterocycles. The van der Waals surface area contributed by atoms with E-state index in [-0.39, 0.29) is 29.6 Å². The number of amides is 1. The second kappa shape index (κ2) is 9.73. The Labute approximate surface area is 184 Å². The Morgan fingerprint density at radius 1 is 1.31 bits per heavy atom. The third kappa shape index (κ3) is 4.86. The monoisotopic (exact) mass is 441 g/mol. The highest BCUT2D eigenvalue weighted by Crippen LogP contribution is 2.30. The van der Waals surface area contributed by atoms with E-state index in [1.165, 1.54) is 19.2 Å². The Bertz CT molecular complexity index is 1100. The summed E-state index contributed by atoms with van der Waals surface area (Å²) >= 11 is 0. The van der Waals surface area contributed by atoms with Gasteiger partial charge in [-0.15, -0.1) is 10.2 Å². The van der Waals surface area contributed by atoms with Crippen LogP contribution >= 0.6 is 0 Å². The molecule has 168 valence electrons. The highest BCUT2D eigenvalue weighted by atomic mass is 19.1. The van der Waals surface area contributed by atoms with Crippen molar-refractivity contribution in [3.8, 4) is 23.0 Å². The van der Waals surface area contributed by atoms with E-state index in [1.807, 2.05) is 4.57 Å². The molecule has 0 radical (unpaired) electrons. The molecule has 1 amide bonds. The van der Waals surface area contributed by atoms with Crippen LogP contribution in [0.5, 0.6) is 11.5 Å².